The van der Waals surface area contributed by atoms with Gasteiger partial charge in [-0.15, -0.1) is 24.3 Å². The number of para-hydroxylation sites is 3. The van der Waals surface area contributed by atoms with Crippen molar-refractivity contribution in [2.24, 2.45) is 21.1 Å². The van der Waals surface area contributed by atoms with Gasteiger partial charge >= 0.3 is 65.6 Å². The molecule has 2 aliphatic rings. The number of aromatic hydroxyl groups is 3. The SMILES string of the molecule is Brc1cccc(-c2ccccn2)c1.Brc1cccc(I)c1.C.C.C.CC1(C)OB(c2cccc(-c3ccccn3)c2)OC1(C)C.CC1(C)OB(c2cccc(Br)c2)OC1(C)C.Cn1c(-c2ccccc2O)nc2c(-c3[c-]c(-c4ccccn4)ccc3)nccc21.Cn1c(-c2ccccc2O)nc2c(-c3cccc(-c4ccccn4)c3)nccc21.Cn1c(-c2ccccc2O)nc2c(Br)nccc21.F.[H-].[HH].[K+].[Pt]. The van der Waals surface area contributed by atoms with Crippen LogP contribution in [0.5, 0.6) is 17.2 Å². The number of fused-ring (bicyclic) bond motifs is 3. The number of nitrogens with zero attached hydrogens (tertiary/aromatic N) is 13. The molecule has 21 rings (SSSR count). The molecule has 0 radical (unpaired) electrons. The number of rotatable bonds is 11. The fourth-order valence-corrected chi connectivity index (χ4v) is 17.3. The van der Waals surface area contributed by atoms with Crippen LogP contribution in [0.1, 0.15) is 80.5 Å². The third-order valence-corrected chi connectivity index (χ3v) is 25.9. The molecule has 716 valence electrons. The van der Waals surface area contributed by atoms with Crippen molar-refractivity contribution in [2.45, 2.75) is 100 Å². The molecule has 0 saturated carbocycles. The normalized spacial score (nSPS) is 13.0. The molecule has 0 amide bonds. The molecule has 2 aliphatic heterocycles. The average Bonchev–Trinajstić information content (AvgIpc) is 1.63. The van der Waals surface area contributed by atoms with Crippen molar-refractivity contribution in [3.63, 3.8) is 0 Å². The first-order chi connectivity index (χ1) is 64.5. The molecule has 12 heterocycles. The Morgan fingerprint density at radius 3 is 1.07 bits per heavy atom. The van der Waals surface area contributed by atoms with Crippen LogP contribution in [0.2, 0.25) is 0 Å². The van der Waals surface area contributed by atoms with Crippen molar-refractivity contribution in [1.82, 2.24) is 63.5 Å². The standard InChI is InChI=1S/C24H18N4O.C24H17N4O.C17H20BNO2.C13H10BrN3O.C12H16BBrO2.C11H8BrN.C6H4BrI.3CH4.FH.K.Pt.H2.H/c2*1-28-20-12-14-26-22(23(20)27-24(28)18-9-2-3-11-21(18)29)17-8-6-7-16(15-17)19-10-4-5-13-25-19;1-16(2)17(3,4)21-18(20-16)14-9-7-8-13(12-14)15-10-5-6-11-19-15;1-17-9-6-7-15-12(14)11(9)16-13(17)8-4-2-3-5-10(8)18;1-11(2)12(3,4)16-13(15-11)9-6-5-7-10(14)8-9;12-10-5-3-4-9(8-10)11-6-1-2-7-13-11;7-5-2-1-3-6(8)4-5;;;;;;;;/h2-15,29H,1H3;2-14,29H,1H3;5-12H,1-4H3;2-7,18H,1H3;5-8H,1-4H3;1-8H;1-4H;3*1H4;1H;;;1H;/q;-1;;;;;;;;;;+1;;;-1. The van der Waals surface area contributed by atoms with Gasteiger partial charge in [-0.2, -0.15) is 0 Å². The summed E-state index contributed by atoms with van der Waals surface area (Å²) in [5.41, 5.74) is 19.4. The number of imidazole rings is 3. The summed E-state index contributed by atoms with van der Waals surface area (Å²) in [6.45, 7) is 16.5. The van der Waals surface area contributed by atoms with Gasteiger partial charge in [0.2, 0.25) is 0 Å². The Bertz CT molecular complexity index is 7090. The molecule has 2 fully saturated rings. The Morgan fingerprint density at radius 2 is 0.664 bits per heavy atom. The van der Waals surface area contributed by atoms with E-state index in [1.807, 2.05) is 265 Å². The first-order valence-electron chi connectivity index (χ1n) is 43.0. The molecule has 3 N–H and O–H groups in total. The predicted molar refractivity (Wildman–Crippen MR) is 586 cm³/mol. The van der Waals surface area contributed by atoms with Gasteiger partial charge < -0.3 is 49.1 Å². The molecule has 0 atom stereocenters. The summed E-state index contributed by atoms with van der Waals surface area (Å²) < 4.78 is 35.2. The minimum atomic E-state index is -0.335. The van der Waals surface area contributed by atoms with Crippen LogP contribution in [-0.2, 0) is 60.8 Å². The summed E-state index contributed by atoms with van der Waals surface area (Å²) in [6.07, 6.45) is 12.5. The first-order valence-corrected chi connectivity index (χ1v) is 47.2. The number of hydrogen-bond donors (Lipinski definition) is 3. The Hall–Kier alpha value is -10.3. The van der Waals surface area contributed by atoms with Gasteiger partial charge in [-0.05, 0) is 256 Å². The van der Waals surface area contributed by atoms with Crippen LogP contribution in [0.25, 0.3) is 135 Å². The minimum Gasteiger partial charge on any atom is -1.00 e. The maximum atomic E-state index is 10.3. The molecule has 0 spiro atoms. The molecule has 2 saturated heterocycles. The monoisotopic (exact) mass is 2440 g/mol. The van der Waals surface area contributed by atoms with E-state index in [4.69, 9.17) is 28.6 Å². The van der Waals surface area contributed by atoms with Gasteiger partial charge in [0, 0.05) is 132 Å². The number of benzene rings is 9. The van der Waals surface area contributed by atoms with E-state index in [9.17, 15) is 15.3 Å². The number of hydrogen-bond acceptors (Lipinski definition) is 17. The van der Waals surface area contributed by atoms with E-state index < -0.39 is 0 Å². The van der Waals surface area contributed by atoms with E-state index in [1.54, 1.807) is 79.8 Å². The fraction of sp³-hybridized carbons (Fsp3) is 0.164. The van der Waals surface area contributed by atoms with Crippen molar-refractivity contribution in [2.75, 3.05) is 0 Å². The predicted octanol–water partition coefficient (Wildman–Crippen LogP) is 24.8. The van der Waals surface area contributed by atoms with Crippen molar-refractivity contribution in [1.29, 1.82) is 0 Å². The number of aryl methyl sites for hydroxylation is 3. The van der Waals surface area contributed by atoms with Crippen molar-refractivity contribution < 1.29 is 114 Å². The summed E-state index contributed by atoms with van der Waals surface area (Å²) in [6, 6.07) is 101. The van der Waals surface area contributed by atoms with Gasteiger partial charge in [0.25, 0.3) is 0 Å². The van der Waals surface area contributed by atoms with E-state index in [0.29, 0.717) is 32.9 Å². The van der Waals surface area contributed by atoms with E-state index >= 15 is 0 Å². The van der Waals surface area contributed by atoms with Crippen LogP contribution < -0.4 is 62.3 Å². The van der Waals surface area contributed by atoms with Crippen LogP contribution in [0.3, 0.4) is 0 Å². The third-order valence-electron chi connectivity index (χ3n) is 23.2. The fourth-order valence-electron chi connectivity index (χ4n) is 14.7. The number of aromatic nitrogens is 13. The summed E-state index contributed by atoms with van der Waals surface area (Å²) in [4.78, 5) is 45.1. The molecule has 20 nitrogen and oxygen atoms in total. The van der Waals surface area contributed by atoms with E-state index in [1.165, 1.54) is 3.57 Å². The molecular formula is C110H109B2Br4FIKN13O7Pt-. The molecule has 0 aliphatic carbocycles. The average molecular weight is 2450 g/mol. The molecule has 0 bridgehead atoms. The third kappa shape index (κ3) is 27.2. The maximum absolute atomic E-state index is 10.3. The number of pyridine rings is 7. The molecule has 140 heavy (non-hydrogen) atoms. The summed E-state index contributed by atoms with van der Waals surface area (Å²) in [7, 11) is 5.20. The Morgan fingerprint density at radius 1 is 0.336 bits per heavy atom. The quantitative estimate of drug-likeness (QED) is 0.0472. The second-order valence-corrected chi connectivity index (χ2v) is 38.0. The number of halogens is 6. The number of phenolic OH excluding ortho intramolecular Hbond substituents is 3. The molecule has 0 unspecified atom stereocenters. The Labute approximate surface area is 926 Å². The number of phenols is 3. The van der Waals surface area contributed by atoms with Gasteiger partial charge in [0.05, 0.1) is 83.9 Å². The van der Waals surface area contributed by atoms with E-state index in [0.717, 1.165) is 131 Å². The summed E-state index contributed by atoms with van der Waals surface area (Å²) >= 11 is 15.9. The van der Waals surface area contributed by atoms with Crippen molar-refractivity contribution in [3.8, 4) is 119 Å². The summed E-state index contributed by atoms with van der Waals surface area (Å²) in [5.74, 6) is 2.74. The van der Waals surface area contributed by atoms with Crippen LogP contribution in [0.15, 0.2) is 365 Å². The van der Waals surface area contributed by atoms with E-state index in [-0.39, 0.29) is 156 Å². The topological polar surface area (TPSA) is 241 Å². The van der Waals surface area contributed by atoms with Crippen LogP contribution in [0.4, 0.5) is 4.70 Å². The molecule has 9 aromatic carbocycles. The second kappa shape index (κ2) is 51.1. The van der Waals surface area contributed by atoms with Crippen molar-refractivity contribution in [3.05, 3.63) is 374 Å². The zero-order valence-electron chi connectivity index (χ0n) is 78.0. The zero-order chi connectivity index (χ0) is 94.4. The van der Waals surface area contributed by atoms with Crippen molar-refractivity contribution >= 4 is 145 Å². The Balaban J connectivity index is 0.000000229. The molecule has 10 aromatic heterocycles. The smallest absolute Gasteiger partial charge is 1.00 e. The Kier molecular flexibility index (Phi) is 41.4. The van der Waals surface area contributed by atoms with Crippen LogP contribution in [-0.4, -0.2) is 116 Å². The second-order valence-electron chi connectivity index (χ2n) is 33.3. The van der Waals surface area contributed by atoms with Gasteiger partial charge in [-0.25, -0.2) is 19.9 Å². The molecule has 30 heteroatoms. The molecular weight excluding hydrogens is 2340 g/mol. The van der Waals surface area contributed by atoms with Gasteiger partial charge in [-0.3, -0.25) is 34.6 Å². The van der Waals surface area contributed by atoms with Gasteiger partial charge in [0.1, 0.15) is 50.4 Å². The molecule has 19 aromatic rings. The maximum Gasteiger partial charge on any atom is 1.00 e. The summed E-state index contributed by atoms with van der Waals surface area (Å²) in [5, 5.41) is 30.5. The largest absolute Gasteiger partial charge is 1.00 e. The van der Waals surface area contributed by atoms with E-state index in [2.05, 4.69) is 224 Å². The van der Waals surface area contributed by atoms with Crippen LogP contribution in [0, 0.1) is 9.64 Å². The van der Waals surface area contributed by atoms with Gasteiger partial charge in [-0.1, -0.05) is 221 Å². The minimum absolute atomic E-state index is 0. The first kappa shape index (κ1) is 113. The van der Waals surface area contributed by atoms with Crippen LogP contribution >= 0.6 is 86.3 Å². The van der Waals surface area contributed by atoms with Gasteiger partial charge in [0.15, 0.2) is 0 Å². The zero-order valence-corrected chi connectivity index (χ0v) is 90.9.